The van der Waals surface area contributed by atoms with Gasteiger partial charge in [-0.15, -0.1) is 0 Å². The molecule has 7 nitrogen and oxygen atoms in total. The fourth-order valence-electron chi connectivity index (χ4n) is 3.23. The highest BCUT2D eigenvalue weighted by Gasteiger charge is 2.62. The molecule has 1 N–H and O–H groups in total. The molecule has 1 unspecified atom stereocenters. The summed E-state index contributed by atoms with van der Waals surface area (Å²) in [5.74, 6) is -0.390. The molecule has 2 aromatic heterocycles. The molecule has 32 heavy (non-hydrogen) atoms. The number of aromatic nitrogens is 2. The van der Waals surface area contributed by atoms with E-state index in [9.17, 15) is 18.0 Å². The lowest BCUT2D eigenvalue weighted by atomic mass is 9.87. The van der Waals surface area contributed by atoms with Crippen LogP contribution in [0, 0.1) is 6.92 Å². The molecule has 0 fully saturated rings. The number of carbonyl (C=O) groups is 1. The van der Waals surface area contributed by atoms with E-state index in [4.69, 9.17) is 32.5 Å². The molecule has 166 valence electrons. The lowest BCUT2D eigenvalue weighted by molar-refractivity contribution is -0.275. The van der Waals surface area contributed by atoms with E-state index in [1.54, 1.807) is 0 Å². The van der Waals surface area contributed by atoms with Gasteiger partial charge in [0.2, 0.25) is 0 Å². The van der Waals surface area contributed by atoms with Gasteiger partial charge in [0.1, 0.15) is 17.8 Å². The van der Waals surface area contributed by atoms with Crippen LogP contribution in [0.25, 0.3) is 0 Å². The summed E-state index contributed by atoms with van der Waals surface area (Å²) in [6.45, 7) is 1.50. The molecule has 3 aromatic rings. The standard InChI is InChI=1S/C20H13Cl2F3N4O3/c1-10-15(18(30)28-14-7-26-9-27-8-14)5-17(31-10)16-6-19(32-29-16,20(23,24)25)11-2-12(21)4-13(22)3-11/h2-5,7-9H,6H2,1H3,(H,28,30). The fourth-order valence-corrected chi connectivity index (χ4v) is 3.76. The number of anilines is 1. The summed E-state index contributed by atoms with van der Waals surface area (Å²) in [7, 11) is 0. The van der Waals surface area contributed by atoms with Crippen molar-refractivity contribution >= 4 is 40.5 Å². The summed E-state index contributed by atoms with van der Waals surface area (Å²) in [5.41, 5.74) is -2.77. The highest BCUT2D eigenvalue weighted by atomic mass is 35.5. The first kappa shape index (κ1) is 22.1. The number of furan rings is 1. The number of oxime groups is 1. The number of rotatable bonds is 4. The second-order valence-electron chi connectivity index (χ2n) is 6.95. The number of hydrogen-bond acceptors (Lipinski definition) is 6. The van der Waals surface area contributed by atoms with E-state index in [-0.39, 0.29) is 38.4 Å². The van der Waals surface area contributed by atoms with Gasteiger partial charge in [-0.3, -0.25) is 4.79 Å². The van der Waals surface area contributed by atoms with Crippen LogP contribution in [0.1, 0.15) is 33.9 Å². The van der Waals surface area contributed by atoms with Crippen molar-refractivity contribution in [3.63, 3.8) is 0 Å². The lowest BCUT2D eigenvalue weighted by Gasteiger charge is -2.29. The Morgan fingerprint density at radius 1 is 1.12 bits per heavy atom. The monoisotopic (exact) mass is 484 g/mol. The molecular weight excluding hydrogens is 472 g/mol. The minimum Gasteiger partial charge on any atom is -0.459 e. The molecule has 1 amide bonds. The van der Waals surface area contributed by atoms with Crippen LogP contribution in [0.5, 0.6) is 0 Å². The van der Waals surface area contributed by atoms with E-state index in [0.29, 0.717) is 5.69 Å². The summed E-state index contributed by atoms with van der Waals surface area (Å²) in [5, 5.41) is 6.24. The SMILES string of the molecule is Cc1oc(C2=NOC(c3cc(Cl)cc(Cl)c3)(C(F)(F)F)C2)cc1C(=O)Nc1cncnc1. The van der Waals surface area contributed by atoms with Crippen molar-refractivity contribution in [2.45, 2.75) is 25.1 Å². The van der Waals surface area contributed by atoms with Crippen LogP contribution in [0.4, 0.5) is 18.9 Å². The molecule has 0 saturated carbocycles. The van der Waals surface area contributed by atoms with Gasteiger partial charge in [0.15, 0.2) is 5.76 Å². The number of nitrogens with zero attached hydrogens (tertiary/aromatic N) is 3. The molecule has 0 spiro atoms. The Kier molecular flexibility index (Phi) is 5.59. The average molecular weight is 485 g/mol. The van der Waals surface area contributed by atoms with Crippen LogP contribution in [0.3, 0.4) is 0 Å². The molecule has 0 radical (unpaired) electrons. The number of carbonyl (C=O) groups excluding carboxylic acids is 1. The van der Waals surface area contributed by atoms with Crippen LogP contribution in [0.15, 0.2) is 52.6 Å². The van der Waals surface area contributed by atoms with Gasteiger partial charge < -0.3 is 14.6 Å². The number of hydrogen-bond donors (Lipinski definition) is 1. The topological polar surface area (TPSA) is 89.6 Å². The van der Waals surface area contributed by atoms with E-state index in [2.05, 4.69) is 20.4 Å². The van der Waals surface area contributed by atoms with Gasteiger partial charge >= 0.3 is 6.18 Å². The number of benzene rings is 1. The van der Waals surface area contributed by atoms with E-state index in [0.717, 1.165) is 12.1 Å². The van der Waals surface area contributed by atoms with Crippen LogP contribution >= 0.6 is 23.2 Å². The third kappa shape index (κ3) is 4.03. The largest absolute Gasteiger partial charge is 0.459 e. The van der Waals surface area contributed by atoms with E-state index in [1.807, 2.05) is 0 Å². The molecule has 0 bridgehead atoms. The van der Waals surface area contributed by atoms with Crippen LogP contribution in [0.2, 0.25) is 10.0 Å². The second-order valence-corrected chi connectivity index (χ2v) is 7.82. The first-order valence-corrected chi connectivity index (χ1v) is 9.80. The van der Waals surface area contributed by atoms with Crippen molar-refractivity contribution in [3.05, 3.63) is 75.7 Å². The molecule has 1 atom stereocenters. The van der Waals surface area contributed by atoms with E-state index in [1.165, 1.54) is 37.8 Å². The van der Waals surface area contributed by atoms with E-state index >= 15 is 0 Å². The predicted octanol–water partition coefficient (Wildman–Crippen LogP) is 5.52. The summed E-state index contributed by atoms with van der Waals surface area (Å²) < 4.78 is 47.9. The number of nitrogens with one attached hydrogen (secondary N) is 1. The first-order chi connectivity index (χ1) is 15.1. The van der Waals surface area contributed by atoms with Crippen molar-refractivity contribution in [2.75, 3.05) is 5.32 Å². The molecule has 0 aliphatic carbocycles. The van der Waals surface area contributed by atoms with Crippen molar-refractivity contribution in [3.8, 4) is 0 Å². The molecular formula is C20H13Cl2F3N4O3. The average Bonchev–Trinajstić information content (AvgIpc) is 3.32. The minimum absolute atomic E-state index is 0.0193. The molecule has 4 rings (SSSR count). The van der Waals surface area contributed by atoms with Crippen LogP contribution in [-0.2, 0) is 10.4 Å². The van der Waals surface area contributed by atoms with Gasteiger partial charge in [-0.1, -0.05) is 28.4 Å². The smallest absolute Gasteiger partial charge is 0.435 e. The zero-order chi connectivity index (χ0) is 23.1. The Morgan fingerprint density at radius 2 is 1.78 bits per heavy atom. The Hall–Kier alpha value is -3.11. The van der Waals surface area contributed by atoms with Gasteiger partial charge in [-0.25, -0.2) is 9.97 Å². The molecule has 0 saturated heterocycles. The maximum atomic E-state index is 14.1. The highest BCUT2D eigenvalue weighted by molar-refractivity contribution is 6.34. The number of halogens is 5. The minimum atomic E-state index is -4.85. The molecule has 1 aliphatic rings. The normalized spacial score (nSPS) is 18.2. The Bertz CT molecular complexity index is 1190. The number of amides is 1. The quantitative estimate of drug-likeness (QED) is 0.526. The van der Waals surface area contributed by atoms with Gasteiger partial charge in [0, 0.05) is 15.6 Å². The Morgan fingerprint density at radius 3 is 2.41 bits per heavy atom. The Labute approximate surface area is 189 Å². The summed E-state index contributed by atoms with van der Waals surface area (Å²) in [4.78, 5) is 25.1. The summed E-state index contributed by atoms with van der Waals surface area (Å²) in [6, 6.07) is 4.85. The third-order valence-corrected chi connectivity index (χ3v) is 5.22. The number of alkyl halides is 3. The van der Waals surface area contributed by atoms with Crippen molar-refractivity contribution in [1.29, 1.82) is 0 Å². The van der Waals surface area contributed by atoms with Crippen molar-refractivity contribution in [1.82, 2.24) is 9.97 Å². The first-order valence-electron chi connectivity index (χ1n) is 9.04. The summed E-state index contributed by atoms with van der Waals surface area (Å²) >= 11 is 11.8. The van der Waals surface area contributed by atoms with Crippen LogP contribution in [-0.4, -0.2) is 27.8 Å². The van der Waals surface area contributed by atoms with Gasteiger partial charge in [0.05, 0.1) is 30.1 Å². The van der Waals surface area contributed by atoms with Gasteiger partial charge in [0.25, 0.3) is 11.5 Å². The predicted molar refractivity (Wildman–Crippen MR) is 110 cm³/mol. The van der Waals surface area contributed by atoms with Crippen LogP contribution < -0.4 is 5.32 Å². The lowest BCUT2D eigenvalue weighted by Crippen LogP contribution is -2.42. The van der Waals surface area contributed by atoms with Crippen molar-refractivity contribution in [2.24, 2.45) is 5.16 Å². The van der Waals surface area contributed by atoms with Crippen molar-refractivity contribution < 1.29 is 27.2 Å². The Balaban J connectivity index is 1.63. The molecule has 1 aliphatic heterocycles. The van der Waals surface area contributed by atoms with E-state index < -0.39 is 24.1 Å². The third-order valence-electron chi connectivity index (χ3n) is 4.78. The van der Waals surface area contributed by atoms with Gasteiger partial charge in [-0.05, 0) is 31.2 Å². The molecule has 12 heteroatoms. The zero-order valence-corrected chi connectivity index (χ0v) is 17.7. The molecule has 3 heterocycles. The van der Waals surface area contributed by atoms with Gasteiger partial charge in [-0.2, -0.15) is 13.2 Å². The molecule has 1 aromatic carbocycles. The maximum absolute atomic E-state index is 14.1. The summed E-state index contributed by atoms with van der Waals surface area (Å²) in [6.07, 6.45) is -1.46. The maximum Gasteiger partial charge on any atom is 0.435 e. The number of aryl methyl sites for hydroxylation is 1. The zero-order valence-electron chi connectivity index (χ0n) is 16.2. The fraction of sp³-hybridized carbons (Fsp3) is 0.200. The highest BCUT2D eigenvalue weighted by Crippen LogP contribution is 2.49. The second kappa shape index (κ2) is 8.10.